The summed E-state index contributed by atoms with van der Waals surface area (Å²) in [7, 11) is 0. The van der Waals surface area contributed by atoms with Crippen LogP contribution in [0.5, 0.6) is 5.75 Å². The van der Waals surface area contributed by atoms with E-state index in [1.807, 2.05) is 50.3 Å². The fraction of sp³-hybridized carbons (Fsp3) is 0.105. The standard InChI is InChI=1S/C19H18O2/c1-14(12-16-6-4-3-5-7-16)8-10-18(20)17-13-15(2)9-11-19(17)21/h3-13,21H,1-2H3/b10-8+,14-12-. The second kappa shape index (κ2) is 6.71. The minimum absolute atomic E-state index is 0.0138. The van der Waals surface area contributed by atoms with Crippen LogP contribution >= 0.6 is 0 Å². The minimum atomic E-state index is -0.197. The number of ketones is 1. The Bertz CT molecular complexity index is 695. The van der Waals surface area contributed by atoms with Crippen molar-refractivity contribution in [2.24, 2.45) is 0 Å². The SMILES string of the molecule is CC(=C/c1ccccc1)/C=C/C(=O)c1cc(C)ccc1O. The van der Waals surface area contributed by atoms with Gasteiger partial charge < -0.3 is 5.11 Å². The van der Waals surface area contributed by atoms with Gasteiger partial charge in [0.15, 0.2) is 5.78 Å². The van der Waals surface area contributed by atoms with E-state index in [-0.39, 0.29) is 11.5 Å². The van der Waals surface area contributed by atoms with E-state index < -0.39 is 0 Å². The van der Waals surface area contributed by atoms with Crippen LogP contribution in [0.2, 0.25) is 0 Å². The van der Waals surface area contributed by atoms with Crippen molar-refractivity contribution in [1.29, 1.82) is 0 Å². The molecule has 0 amide bonds. The zero-order chi connectivity index (χ0) is 15.2. The third-order valence-electron chi connectivity index (χ3n) is 3.11. The summed E-state index contributed by atoms with van der Waals surface area (Å²) in [5.41, 5.74) is 3.34. The van der Waals surface area contributed by atoms with Gasteiger partial charge in [0.1, 0.15) is 5.75 Å². The van der Waals surface area contributed by atoms with E-state index >= 15 is 0 Å². The van der Waals surface area contributed by atoms with Gasteiger partial charge in [-0.3, -0.25) is 4.79 Å². The van der Waals surface area contributed by atoms with Crippen LogP contribution in [0.3, 0.4) is 0 Å². The molecule has 2 heteroatoms. The molecule has 0 aromatic heterocycles. The first kappa shape index (κ1) is 14.8. The summed E-state index contributed by atoms with van der Waals surface area (Å²) in [5.74, 6) is -0.183. The Morgan fingerprint density at radius 1 is 1.05 bits per heavy atom. The monoisotopic (exact) mass is 278 g/mol. The summed E-state index contributed by atoms with van der Waals surface area (Å²) < 4.78 is 0. The normalized spacial score (nSPS) is 11.8. The molecule has 0 aliphatic heterocycles. The molecule has 2 aromatic rings. The maximum atomic E-state index is 12.1. The van der Waals surface area contributed by atoms with Crippen LogP contribution in [0.25, 0.3) is 6.08 Å². The van der Waals surface area contributed by atoms with Gasteiger partial charge in [-0.05, 0) is 37.6 Å². The van der Waals surface area contributed by atoms with Gasteiger partial charge in [0.2, 0.25) is 0 Å². The van der Waals surface area contributed by atoms with Crippen molar-refractivity contribution in [1.82, 2.24) is 0 Å². The van der Waals surface area contributed by atoms with Gasteiger partial charge in [-0.15, -0.1) is 0 Å². The number of carbonyl (C=O) groups is 1. The first-order chi connectivity index (χ1) is 10.1. The lowest BCUT2D eigenvalue weighted by Crippen LogP contribution is -1.95. The van der Waals surface area contributed by atoms with Crippen molar-refractivity contribution >= 4 is 11.9 Å². The number of hydrogen-bond donors (Lipinski definition) is 1. The van der Waals surface area contributed by atoms with Crippen LogP contribution in [0, 0.1) is 6.92 Å². The number of aryl methyl sites for hydroxylation is 1. The van der Waals surface area contributed by atoms with Gasteiger partial charge >= 0.3 is 0 Å². The lowest BCUT2D eigenvalue weighted by Gasteiger charge is -2.02. The molecule has 0 fully saturated rings. The molecule has 0 saturated carbocycles. The lowest BCUT2D eigenvalue weighted by atomic mass is 10.1. The van der Waals surface area contributed by atoms with Gasteiger partial charge in [0.25, 0.3) is 0 Å². The minimum Gasteiger partial charge on any atom is -0.507 e. The Morgan fingerprint density at radius 3 is 2.48 bits per heavy atom. The van der Waals surface area contributed by atoms with E-state index in [1.165, 1.54) is 6.08 Å². The first-order valence-electron chi connectivity index (χ1n) is 6.81. The van der Waals surface area contributed by atoms with Crippen molar-refractivity contribution in [3.63, 3.8) is 0 Å². The first-order valence-corrected chi connectivity index (χ1v) is 6.81. The van der Waals surface area contributed by atoms with Crippen LogP contribution in [0.15, 0.2) is 66.3 Å². The number of hydrogen-bond acceptors (Lipinski definition) is 2. The highest BCUT2D eigenvalue weighted by molar-refractivity contribution is 6.06. The molecule has 2 nitrogen and oxygen atoms in total. The van der Waals surface area contributed by atoms with Crippen LogP contribution in [-0.4, -0.2) is 10.9 Å². The molecule has 0 saturated heterocycles. The van der Waals surface area contributed by atoms with Gasteiger partial charge in [-0.1, -0.05) is 59.7 Å². The zero-order valence-electron chi connectivity index (χ0n) is 12.2. The maximum Gasteiger partial charge on any atom is 0.189 e. The van der Waals surface area contributed by atoms with Gasteiger partial charge in [-0.2, -0.15) is 0 Å². The largest absolute Gasteiger partial charge is 0.507 e. The van der Waals surface area contributed by atoms with Crippen molar-refractivity contribution in [3.05, 3.63) is 82.9 Å². The van der Waals surface area contributed by atoms with Gasteiger partial charge in [0, 0.05) is 0 Å². The van der Waals surface area contributed by atoms with E-state index in [0.717, 1.165) is 16.7 Å². The number of benzene rings is 2. The Balaban J connectivity index is 2.15. The highest BCUT2D eigenvalue weighted by atomic mass is 16.3. The zero-order valence-corrected chi connectivity index (χ0v) is 12.2. The molecule has 0 radical (unpaired) electrons. The van der Waals surface area contributed by atoms with Crippen molar-refractivity contribution in [3.8, 4) is 5.75 Å². The number of carbonyl (C=O) groups excluding carboxylic acids is 1. The number of rotatable bonds is 4. The highest BCUT2D eigenvalue weighted by Crippen LogP contribution is 2.19. The van der Waals surface area contributed by atoms with Crippen LogP contribution in [0.4, 0.5) is 0 Å². The van der Waals surface area contributed by atoms with Crippen LogP contribution in [-0.2, 0) is 0 Å². The lowest BCUT2D eigenvalue weighted by molar-refractivity contribution is 0.104. The number of allylic oxidation sites excluding steroid dienone is 3. The second-order valence-electron chi connectivity index (χ2n) is 5.02. The average Bonchev–Trinajstić information content (AvgIpc) is 2.48. The summed E-state index contributed by atoms with van der Waals surface area (Å²) in [6, 6.07) is 14.9. The summed E-state index contributed by atoms with van der Waals surface area (Å²) in [6.45, 7) is 3.83. The predicted octanol–water partition coefficient (Wildman–Crippen LogP) is 4.54. The van der Waals surface area contributed by atoms with Crippen molar-refractivity contribution in [2.75, 3.05) is 0 Å². The number of phenols is 1. The molecular weight excluding hydrogens is 260 g/mol. The molecule has 0 aliphatic rings. The quantitative estimate of drug-likeness (QED) is 0.506. The van der Waals surface area contributed by atoms with Crippen LogP contribution in [0.1, 0.15) is 28.4 Å². The topological polar surface area (TPSA) is 37.3 Å². The third kappa shape index (κ3) is 4.18. The average molecular weight is 278 g/mol. The van der Waals surface area contributed by atoms with Crippen molar-refractivity contribution in [2.45, 2.75) is 13.8 Å². The van der Waals surface area contributed by atoms with Gasteiger partial charge in [-0.25, -0.2) is 0 Å². The molecule has 0 heterocycles. The Kier molecular flexibility index (Phi) is 4.72. The molecule has 2 rings (SSSR count). The predicted molar refractivity (Wildman–Crippen MR) is 86.4 cm³/mol. The Labute approximate surface area is 125 Å². The van der Waals surface area contributed by atoms with Crippen LogP contribution < -0.4 is 0 Å². The summed E-state index contributed by atoms with van der Waals surface area (Å²) in [4.78, 5) is 12.1. The number of aromatic hydroxyl groups is 1. The molecule has 2 aromatic carbocycles. The number of phenolic OH excluding ortho intramolecular Hbond substituents is 1. The fourth-order valence-corrected chi connectivity index (χ4v) is 2.00. The van der Waals surface area contributed by atoms with E-state index in [1.54, 1.807) is 24.3 Å². The molecule has 0 bridgehead atoms. The van der Waals surface area contributed by atoms with E-state index in [9.17, 15) is 9.90 Å². The summed E-state index contributed by atoms with van der Waals surface area (Å²) >= 11 is 0. The molecule has 0 unspecified atom stereocenters. The molecule has 106 valence electrons. The highest BCUT2D eigenvalue weighted by Gasteiger charge is 2.07. The van der Waals surface area contributed by atoms with E-state index in [4.69, 9.17) is 0 Å². The molecule has 21 heavy (non-hydrogen) atoms. The van der Waals surface area contributed by atoms with E-state index in [2.05, 4.69) is 0 Å². The molecule has 0 spiro atoms. The smallest absolute Gasteiger partial charge is 0.189 e. The second-order valence-corrected chi connectivity index (χ2v) is 5.02. The molecular formula is C19H18O2. The van der Waals surface area contributed by atoms with Gasteiger partial charge in [0.05, 0.1) is 5.56 Å². The molecule has 0 aliphatic carbocycles. The summed E-state index contributed by atoms with van der Waals surface area (Å²) in [6.07, 6.45) is 5.25. The Morgan fingerprint density at radius 2 is 1.76 bits per heavy atom. The third-order valence-corrected chi connectivity index (χ3v) is 3.11. The molecule has 0 atom stereocenters. The maximum absolute atomic E-state index is 12.1. The van der Waals surface area contributed by atoms with E-state index in [0.29, 0.717) is 5.56 Å². The molecule has 1 N–H and O–H groups in total. The fourth-order valence-electron chi connectivity index (χ4n) is 2.00. The van der Waals surface area contributed by atoms with Crippen molar-refractivity contribution < 1.29 is 9.90 Å². The Hall–Kier alpha value is -2.61. The summed E-state index contributed by atoms with van der Waals surface area (Å²) in [5, 5.41) is 9.74.